The molecule has 362 valence electrons. The van der Waals surface area contributed by atoms with Crippen LogP contribution in [-0.4, -0.2) is 89.7 Å². The van der Waals surface area contributed by atoms with Crippen molar-refractivity contribution in [2.75, 3.05) is 43.0 Å². The number of terminal acetylenes is 1. The summed E-state index contributed by atoms with van der Waals surface area (Å²) in [4.78, 5) is 37.4. The van der Waals surface area contributed by atoms with E-state index in [0.717, 1.165) is 63.0 Å². The van der Waals surface area contributed by atoms with Crippen LogP contribution in [0.5, 0.6) is 17.2 Å². The summed E-state index contributed by atoms with van der Waals surface area (Å²) >= 11 is 0. The third-order valence-corrected chi connectivity index (χ3v) is 16.9. The number of H-pyrrole nitrogens is 1. The lowest BCUT2D eigenvalue weighted by Gasteiger charge is -2.57. The molecule has 5 heterocycles. The van der Waals surface area contributed by atoms with Crippen molar-refractivity contribution in [1.29, 1.82) is 0 Å². The number of nitro benzene ring substituents is 1. The van der Waals surface area contributed by atoms with Gasteiger partial charge in [0.25, 0.3) is 21.6 Å². The number of piperidine rings is 1. The van der Waals surface area contributed by atoms with E-state index in [-0.39, 0.29) is 69.2 Å². The van der Waals surface area contributed by atoms with E-state index in [9.17, 15) is 32.8 Å². The van der Waals surface area contributed by atoms with E-state index < -0.39 is 42.9 Å². The number of aromatic nitrogens is 2. The predicted octanol–water partition coefficient (Wildman–Crippen LogP) is 8.98. The first-order valence-electron chi connectivity index (χ1n) is 24.1. The Morgan fingerprint density at radius 3 is 2.54 bits per heavy atom. The predicted molar refractivity (Wildman–Crippen MR) is 260 cm³/mol. The molecule has 2 aliphatic carbocycles. The van der Waals surface area contributed by atoms with Gasteiger partial charge in [-0.25, -0.2) is 22.5 Å². The third kappa shape index (κ3) is 8.98. The Bertz CT molecular complexity index is 2980. The summed E-state index contributed by atoms with van der Waals surface area (Å²) in [7, 11) is -4.76. The molecule has 15 nitrogen and oxygen atoms in total. The van der Waals surface area contributed by atoms with Gasteiger partial charge in [-0.05, 0) is 117 Å². The first-order chi connectivity index (χ1) is 33.0. The summed E-state index contributed by atoms with van der Waals surface area (Å²) in [6.07, 6.45) is 15.1. The van der Waals surface area contributed by atoms with Crippen LogP contribution >= 0.6 is 0 Å². The second kappa shape index (κ2) is 17.9. The van der Waals surface area contributed by atoms with Crippen LogP contribution < -0.4 is 24.4 Å². The molecule has 0 bridgehead atoms. The van der Waals surface area contributed by atoms with Gasteiger partial charge >= 0.3 is 0 Å². The molecule has 3 atom stereocenters. The molecular weight excluding hydrogens is 902 g/mol. The number of sulfonamides is 1. The van der Waals surface area contributed by atoms with Crippen molar-refractivity contribution in [3.63, 3.8) is 0 Å². The number of hydrogen-bond donors (Lipinski definition) is 4. The quantitative estimate of drug-likeness (QED) is 0.0559. The van der Waals surface area contributed by atoms with Gasteiger partial charge in [0.15, 0.2) is 22.9 Å². The zero-order valence-electron chi connectivity index (χ0n) is 39.1. The molecule has 5 aromatic rings. The number of pyridine rings is 1. The minimum atomic E-state index is -4.76. The van der Waals surface area contributed by atoms with E-state index in [4.69, 9.17) is 15.9 Å². The maximum absolute atomic E-state index is 14.8. The van der Waals surface area contributed by atoms with Gasteiger partial charge in [0.2, 0.25) is 0 Å². The molecule has 3 aliphatic heterocycles. The van der Waals surface area contributed by atoms with E-state index in [1.807, 2.05) is 0 Å². The highest BCUT2D eigenvalue weighted by atomic mass is 32.2. The van der Waals surface area contributed by atoms with Crippen LogP contribution in [0.25, 0.3) is 11.0 Å². The second-order valence-electron chi connectivity index (χ2n) is 20.5. The van der Waals surface area contributed by atoms with Gasteiger partial charge < -0.3 is 29.8 Å². The number of nitrogens with zero attached hydrogens (tertiary/aromatic N) is 4. The molecule has 0 radical (unpaired) electrons. The zero-order chi connectivity index (χ0) is 48.4. The molecule has 17 heteroatoms. The molecule has 3 aromatic carbocycles. The molecule has 2 saturated carbocycles. The smallest absolute Gasteiger partial charge is 0.297 e. The zero-order valence-corrected chi connectivity index (χ0v) is 39.9. The summed E-state index contributed by atoms with van der Waals surface area (Å²) in [5, 5.41) is 26.2. The van der Waals surface area contributed by atoms with E-state index >= 15 is 0 Å². The Balaban J connectivity index is 0.884. The summed E-state index contributed by atoms with van der Waals surface area (Å²) in [5.41, 5.74) is 2.65. The molecule has 10 rings (SSSR count). The lowest BCUT2D eigenvalue weighted by molar-refractivity contribution is -0.384. The number of anilines is 2. The fourth-order valence-corrected chi connectivity index (χ4v) is 12.7. The maximum Gasteiger partial charge on any atom is 0.297 e. The van der Waals surface area contributed by atoms with Crippen molar-refractivity contribution < 1.29 is 37.1 Å². The molecule has 4 N–H and O–H groups in total. The van der Waals surface area contributed by atoms with Crippen LogP contribution in [0.15, 0.2) is 71.8 Å². The number of benzene rings is 3. The van der Waals surface area contributed by atoms with Crippen LogP contribution in [-0.2, 0) is 10.0 Å². The largest absolute Gasteiger partial charge is 0.489 e. The fraction of sp³-hybridized carbons (Fsp3) is 0.462. The Morgan fingerprint density at radius 2 is 1.81 bits per heavy atom. The fourth-order valence-electron chi connectivity index (χ4n) is 11.7. The Hall–Kier alpha value is -6.22. The summed E-state index contributed by atoms with van der Waals surface area (Å²) in [6, 6.07) is 17.4. The Labute approximate surface area is 401 Å². The average Bonchev–Trinajstić information content (AvgIpc) is 3.96. The summed E-state index contributed by atoms with van der Waals surface area (Å²) < 4.78 is 57.3. The number of carbonyl (C=O) groups is 1. The number of carbonyl (C=O) groups excluding carboxylic acids is 1. The highest BCUT2D eigenvalue weighted by Gasteiger charge is 2.49. The number of ether oxygens (including phenoxy) is 2. The van der Waals surface area contributed by atoms with Gasteiger partial charge in [-0.1, -0.05) is 44.5 Å². The number of nitrogens with one attached hydrogen (secondary N) is 3. The van der Waals surface area contributed by atoms with Crippen LogP contribution in [0.4, 0.5) is 21.5 Å². The third-order valence-electron chi connectivity index (χ3n) is 15.6. The standard InChI is InChI=1S/C52H58FN7O8S/c1-5-41-46(26-39-40(53)27-54-49(39)56-41)68-45-23-33(58-21-19-52(20-22-58)29-59(30-52)43-12-8-11-37(43)36-10-7-6-9-35(36)31(2)3)13-14-38(45)50(61)57-69(65,66)34-24-44(60(63)64)48-47(25-34)67-28-42(55-48)32-15-17-51(4,62)18-16-32/h1,6-7,9-10,13-14,23-27,31-32,37,42-43,55,62H,8,11-12,15-22,28-30H2,2-4H3,(H,54,56)(H,57,61)/t32-,37-,42+,43-,51-/m0/s1. The first-order valence-corrected chi connectivity index (χ1v) is 25.5. The second-order valence-corrected chi connectivity index (χ2v) is 22.2. The topological polar surface area (TPSA) is 192 Å². The minimum absolute atomic E-state index is 0.0213. The molecule has 4 fully saturated rings. The number of rotatable bonds is 11. The number of amides is 1. The molecule has 1 amide bonds. The number of halogens is 1. The van der Waals surface area contributed by atoms with Gasteiger partial charge in [0, 0.05) is 62.3 Å². The SMILES string of the molecule is C#Cc1nc2[nH]cc(F)c2cc1Oc1cc(N2CCC3(CC2)CN([C@H]2CCC[C@H]2c2ccccc2C(C)C)C3)ccc1C(=O)NS(=O)(=O)c1cc2c(c([N+](=O)[O-])c1)N[C@@H]([C@H]1CC[C@](C)(O)CC1)CO2. The number of nitro groups is 1. The lowest BCUT2D eigenvalue weighted by atomic mass is 9.70. The molecule has 1 spiro atoms. The molecular formula is C52H58FN7O8S. The maximum atomic E-state index is 14.8. The van der Waals surface area contributed by atoms with E-state index in [0.29, 0.717) is 43.6 Å². The van der Waals surface area contributed by atoms with E-state index in [1.54, 1.807) is 19.1 Å². The normalized spacial score (nSPS) is 24.5. The van der Waals surface area contributed by atoms with Crippen molar-refractivity contribution in [2.45, 2.75) is 113 Å². The number of fused-ring (bicyclic) bond motifs is 2. The van der Waals surface area contributed by atoms with Gasteiger partial charge in [-0.3, -0.25) is 19.8 Å². The highest BCUT2D eigenvalue weighted by molar-refractivity contribution is 7.90. The van der Waals surface area contributed by atoms with Crippen molar-refractivity contribution in [1.82, 2.24) is 19.6 Å². The molecule has 2 saturated heterocycles. The summed E-state index contributed by atoms with van der Waals surface area (Å²) in [5.74, 6) is 1.74. The van der Waals surface area contributed by atoms with Gasteiger partial charge in [0.1, 0.15) is 23.8 Å². The molecule has 69 heavy (non-hydrogen) atoms. The minimum Gasteiger partial charge on any atom is -0.489 e. The van der Waals surface area contributed by atoms with E-state index in [1.165, 1.54) is 42.5 Å². The van der Waals surface area contributed by atoms with Crippen LogP contribution in [0.1, 0.15) is 118 Å². The number of likely N-dealkylation sites (tertiary alicyclic amines) is 1. The van der Waals surface area contributed by atoms with Crippen molar-refractivity contribution in [3.05, 3.63) is 105 Å². The number of aliphatic hydroxyl groups is 1. The van der Waals surface area contributed by atoms with Crippen molar-refractivity contribution in [3.8, 4) is 29.6 Å². The summed E-state index contributed by atoms with van der Waals surface area (Å²) in [6.45, 7) is 10.0. The van der Waals surface area contributed by atoms with Crippen molar-refractivity contribution >= 4 is 44.0 Å². The molecule has 0 unspecified atom stereocenters. The van der Waals surface area contributed by atoms with Gasteiger partial charge in [-0.2, -0.15) is 0 Å². The van der Waals surface area contributed by atoms with Crippen LogP contribution in [0, 0.1) is 39.6 Å². The first kappa shape index (κ1) is 46.5. The van der Waals surface area contributed by atoms with Gasteiger partial charge in [0.05, 0.1) is 32.4 Å². The van der Waals surface area contributed by atoms with E-state index in [2.05, 4.69) is 73.8 Å². The van der Waals surface area contributed by atoms with Crippen LogP contribution in [0.2, 0.25) is 0 Å². The number of aromatic amines is 1. The van der Waals surface area contributed by atoms with Gasteiger partial charge in [-0.15, -0.1) is 6.42 Å². The molecule has 2 aromatic heterocycles. The monoisotopic (exact) mass is 959 g/mol. The van der Waals surface area contributed by atoms with Crippen LogP contribution in [0.3, 0.4) is 0 Å². The highest BCUT2D eigenvalue weighted by Crippen LogP contribution is 2.49. The Morgan fingerprint density at radius 1 is 1.06 bits per heavy atom. The number of hydrogen-bond acceptors (Lipinski definition) is 12. The average molecular weight is 960 g/mol. The Kier molecular flexibility index (Phi) is 12.1. The lowest BCUT2D eigenvalue weighted by Crippen LogP contribution is -2.63. The molecule has 5 aliphatic rings. The van der Waals surface area contributed by atoms with Crippen molar-refractivity contribution in [2.24, 2.45) is 11.3 Å².